The van der Waals surface area contributed by atoms with Crippen LogP contribution < -0.4 is 9.47 Å². The van der Waals surface area contributed by atoms with Crippen molar-refractivity contribution in [2.24, 2.45) is 0 Å². The molecule has 16 heteroatoms. The third-order valence-corrected chi connectivity index (χ3v) is 3.01. The summed E-state index contributed by atoms with van der Waals surface area (Å²) in [4.78, 5) is 46.5. The van der Waals surface area contributed by atoms with Crippen molar-refractivity contribution in [1.29, 1.82) is 0 Å². The van der Waals surface area contributed by atoms with Crippen LogP contribution >= 0.6 is 0 Å². The molecule has 146 valence electrons. The van der Waals surface area contributed by atoms with Crippen LogP contribution in [0.1, 0.15) is 0 Å². The predicted octanol–water partition coefficient (Wildman–Crippen LogP) is 1.57. The number of nitrogens with zero attached hydrogens (tertiary/aromatic N) is 6. The molecule has 0 amide bonds. The first-order chi connectivity index (χ1) is 13.2. The Bertz CT molecular complexity index is 886. The van der Waals surface area contributed by atoms with E-state index in [1.165, 1.54) is 0 Å². The highest BCUT2D eigenvalue weighted by Gasteiger charge is 2.24. The summed E-state index contributed by atoms with van der Waals surface area (Å²) in [5.41, 5.74) is -2.73. The molecule has 2 aromatic heterocycles. The van der Waals surface area contributed by atoms with Gasteiger partial charge in [0.1, 0.15) is 37.7 Å². The smallest absolute Gasteiger partial charge is 0.337 e. The Balaban J connectivity index is 2.07. The molecule has 0 atom stereocenters. The van der Waals surface area contributed by atoms with Crippen LogP contribution in [0.25, 0.3) is 0 Å². The van der Waals surface area contributed by atoms with E-state index in [4.69, 9.17) is 9.47 Å². The van der Waals surface area contributed by atoms with Crippen molar-refractivity contribution in [2.75, 3.05) is 13.2 Å². The number of rotatable bonds is 9. The van der Waals surface area contributed by atoms with Crippen molar-refractivity contribution >= 4 is 22.7 Å². The van der Waals surface area contributed by atoms with E-state index in [0.717, 1.165) is 12.4 Å². The van der Waals surface area contributed by atoms with Crippen LogP contribution in [0.5, 0.6) is 11.8 Å². The fourth-order valence-corrected chi connectivity index (χ4v) is 1.82. The molecule has 0 saturated heterocycles. The lowest BCUT2D eigenvalue weighted by molar-refractivity contribution is -0.395. The Morgan fingerprint density at radius 2 is 1.04 bits per heavy atom. The maximum absolute atomic E-state index is 10.9. The van der Waals surface area contributed by atoms with Gasteiger partial charge in [-0.05, 0) is 0 Å². The monoisotopic (exact) mass is 396 g/mol. The van der Waals surface area contributed by atoms with Gasteiger partial charge in [0.05, 0.1) is 19.7 Å². The molecule has 0 fully saturated rings. The van der Waals surface area contributed by atoms with Crippen LogP contribution in [0.4, 0.5) is 22.7 Å². The summed E-state index contributed by atoms with van der Waals surface area (Å²) in [7, 11) is 0. The number of hydrogen-bond acceptors (Lipinski definition) is 12. The Labute approximate surface area is 152 Å². The minimum Gasteiger partial charge on any atom is -0.469 e. The minimum absolute atomic E-state index is 0.387. The standard InChI is InChI=1S/C12H8N6O10/c19-15(20)7-3-9(17(23)24)11(13-5-7)27-1-2-28-12-10(18(25)26)4-8(6-14-12)16(21)22/h3-6H,1-2H2. The second-order valence-electron chi connectivity index (χ2n) is 4.76. The zero-order valence-electron chi connectivity index (χ0n) is 13.5. The molecule has 0 bridgehead atoms. The van der Waals surface area contributed by atoms with Gasteiger partial charge >= 0.3 is 11.4 Å². The van der Waals surface area contributed by atoms with E-state index in [9.17, 15) is 40.5 Å². The SMILES string of the molecule is O=[N+]([O-])c1cnc(OCCOc2ncc([N+](=O)[O-])cc2[N+](=O)[O-])c([N+](=O)[O-])c1. The van der Waals surface area contributed by atoms with Crippen molar-refractivity contribution in [1.82, 2.24) is 9.97 Å². The van der Waals surface area contributed by atoms with Crippen LogP contribution in [0.2, 0.25) is 0 Å². The molecule has 0 aliphatic heterocycles. The molecule has 0 unspecified atom stereocenters. The second-order valence-corrected chi connectivity index (χ2v) is 4.76. The van der Waals surface area contributed by atoms with Gasteiger partial charge in [-0.3, -0.25) is 40.5 Å². The minimum atomic E-state index is -0.932. The number of ether oxygens (including phenoxy) is 2. The summed E-state index contributed by atoms with van der Waals surface area (Å²) in [6.07, 6.45) is 1.51. The van der Waals surface area contributed by atoms with Gasteiger partial charge in [-0.1, -0.05) is 0 Å². The van der Waals surface area contributed by atoms with Crippen LogP contribution in [-0.2, 0) is 0 Å². The van der Waals surface area contributed by atoms with Gasteiger partial charge in [0.25, 0.3) is 23.1 Å². The molecule has 16 nitrogen and oxygen atoms in total. The molecule has 0 aliphatic carbocycles. The first-order valence-corrected chi connectivity index (χ1v) is 7.04. The predicted molar refractivity (Wildman–Crippen MR) is 86.1 cm³/mol. The maximum Gasteiger partial charge on any atom is 0.337 e. The lowest BCUT2D eigenvalue weighted by Crippen LogP contribution is -2.12. The van der Waals surface area contributed by atoms with Gasteiger partial charge in [0, 0.05) is 0 Å². The van der Waals surface area contributed by atoms with Crippen molar-refractivity contribution in [2.45, 2.75) is 0 Å². The van der Waals surface area contributed by atoms with Gasteiger partial charge in [-0.15, -0.1) is 0 Å². The zero-order chi connectivity index (χ0) is 20.8. The quantitative estimate of drug-likeness (QED) is 0.335. The van der Waals surface area contributed by atoms with E-state index in [1.807, 2.05) is 0 Å². The van der Waals surface area contributed by atoms with Gasteiger partial charge in [-0.2, -0.15) is 0 Å². The molecule has 0 spiro atoms. The summed E-state index contributed by atoms with van der Waals surface area (Å²) in [5.74, 6) is -1.05. The largest absolute Gasteiger partial charge is 0.469 e. The van der Waals surface area contributed by atoms with E-state index in [1.54, 1.807) is 0 Å². The summed E-state index contributed by atoms with van der Waals surface area (Å²) < 4.78 is 10.0. The summed E-state index contributed by atoms with van der Waals surface area (Å²) in [6, 6.07) is 1.32. The molecule has 0 N–H and O–H groups in total. The molecule has 2 heterocycles. The second kappa shape index (κ2) is 8.25. The highest BCUT2D eigenvalue weighted by molar-refractivity contribution is 5.49. The van der Waals surface area contributed by atoms with Crippen molar-refractivity contribution < 1.29 is 29.2 Å². The molecule has 28 heavy (non-hydrogen) atoms. The number of hydrogen-bond donors (Lipinski definition) is 0. The third kappa shape index (κ3) is 4.56. The molecule has 0 aromatic carbocycles. The van der Waals surface area contributed by atoms with E-state index >= 15 is 0 Å². The highest BCUT2D eigenvalue weighted by Crippen LogP contribution is 2.29. The van der Waals surface area contributed by atoms with Crippen LogP contribution in [0.3, 0.4) is 0 Å². The molecular formula is C12H8N6O10. The van der Waals surface area contributed by atoms with E-state index < -0.39 is 54.2 Å². The van der Waals surface area contributed by atoms with E-state index in [-0.39, 0.29) is 13.2 Å². The maximum atomic E-state index is 10.9. The summed E-state index contributed by atoms with van der Waals surface area (Å²) in [6.45, 7) is -0.775. The van der Waals surface area contributed by atoms with E-state index in [0.29, 0.717) is 12.1 Å². The highest BCUT2D eigenvalue weighted by atomic mass is 16.6. The molecule has 0 radical (unpaired) electrons. The normalized spacial score (nSPS) is 10.1. The molecule has 0 saturated carbocycles. The Morgan fingerprint density at radius 3 is 1.32 bits per heavy atom. The van der Waals surface area contributed by atoms with Crippen LogP contribution in [0, 0.1) is 40.5 Å². The average Bonchev–Trinajstić information content (AvgIpc) is 2.64. The number of aromatic nitrogens is 2. The summed E-state index contributed by atoms with van der Waals surface area (Å²) in [5, 5.41) is 43.2. The van der Waals surface area contributed by atoms with Crippen LogP contribution in [-0.4, -0.2) is 42.9 Å². The van der Waals surface area contributed by atoms with Crippen molar-refractivity contribution in [3.05, 3.63) is 65.0 Å². The topological polar surface area (TPSA) is 217 Å². The first-order valence-electron chi connectivity index (χ1n) is 7.04. The molecule has 0 aliphatic rings. The van der Waals surface area contributed by atoms with Gasteiger partial charge in [0.2, 0.25) is 0 Å². The van der Waals surface area contributed by atoms with Crippen molar-refractivity contribution in [3.8, 4) is 11.8 Å². The van der Waals surface area contributed by atoms with Gasteiger partial charge in [0.15, 0.2) is 0 Å². The number of nitro groups is 4. The Morgan fingerprint density at radius 1 is 0.679 bits per heavy atom. The zero-order valence-corrected chi connectivity index (χ0v) is 13.5. The fraction of sp³-hybridized carbons (Fsp3) is 0.167. The Kier molecular flexibility index (Phi) is 5.84. The lowest BCUT2D eigenvalue weighted by atomic mass is 10.3. The molecule has 2 rings (SSSR count). The van der Waals surface area contributed by atoms with E-state index in [2.05, 4.69) is 9.97 Å². The van der Waals surface area contributed by atoms with Gasteiger partial charge < -0.3 is 9.47 Å². The molecule has 2 aromatic rings. The fourth-order valence-electron chi connectivity index (χ4n) is 1.82. The van der Waals surface area contributed by atoms with Crippen LogP contribution in [0.15, 0.2) is 24.5 Å². The summed E-state index contributed by atoms with van der Waals surface area (Å²) >= 11 is 0. The first kappa shape index (κ1) is 19.8. The molecular weight excluding hydrogens is 388 g/mol. The third-order valence-electron chi connectivity index (χ3n) is 3.01. The van der Waals surface area contributed by atoms with Crippen molar-refractivity contribution in [3.63, 3.8) is 0 Å². The van der Waals surface area contributed by atoms with Gasteiger partial charge in [-0.25, -0.2) is 9.97 Å². The Hall–Kier alpha value is -4.50. The average molecular weight is 396 g/mol. The lowest BCUT2D eigenvalue weighted by Gasteiger charge is -2.07. The number of pyridine rings is 2.